The van der Waals surface area contributed by atoms with Crippen molar-refractivity contribution < 1.29 is 23.7 Å². The van der Waals surface area contributed by atoms with E-state index >= 15 is 0 Å². The predicted octanol–water partition coefficient (Wildman–Crippen LogP) is 2.97. The van der Waals surface area contributed by atoms with E-state index in [1.807, 2.05) is 12.1 Å². The van der Waals surface area contributed by atoms with Gasteiger partial charge in [-0.25, -0.2) is 0 Å². The minimum atomic E-state index is -0.207. The average Bonchev–Trinajstić information content (AvgIpc) is 2.59. The molecule has 0 amide bonds. The Balaban J connectivity index is 2.15. The molecule has 0 spiro atoms. The number of rotatable bonds is 7. The standard InChI is InChI=1S/C17H18O5/c1-19-12-8-9-15(20-2)13(10-12)14(18)11-22-17-7-5-4-6-16(17)21-3/h4-10H,11H2,1-3H3. The van der Waals surface area contributed by atoms with Crippen molar-refractivity contribution in [3.8, 4) is 23.0 Å². The molecule has 5 heteroatoms. The summed E-state index contributed by atoms with van der Waals surface area (Å²) in [5, 5.41) is 0. The van der Waals surface area contributed by atoms with Crippen LogP contribution in [0.4, 0.5) is 0 Å². The van der Waals surface area contributed by atoms with E-state index in [4.69, 9.17) is 18.9 Å². The lowest BCUT2D eigenvalue weighted by Gasteiger charge is -2.12. The van der Waals surface area contributed by atoms with Gasteiger partial charge in [-0.3, -0.25) is 4.79 Å². The van der Waals surface area contributed by atoms with Gasteiger partial charge in [0.15, 0.2) is 18.1 Å². The lowest BCUT2D eigenvalue weighted by atomic mass is 10.1. The van der Waals surface area contributed by atoms with E-state index < -0.39 is 0 Å². The van der Waals surface area contributed by atoms with Crippen LogP contribution in [0.5, 0.6) is 23.0 Å². The molecule has 5 nitrogen and oxygen atoms in total. The zero-order valence-corrected chi connectivity index (χ0v) is 12.8. The summed E-state index contributed by atoms with van der Waals surface area (Å²) in [6, 6.07) is 12.2. The molecule has 0 unspecified atom stereocenters. The van der Waals surface area contributed by atoms with Crippen molar-refractivity contribution in [3.05, 3.63) is 48.0 Å². The van der Waals surface area contributed by atoms with Gasteiger partial charge >= 0.3 is 0 Å². The van der Waals surface area contributed by atoms with Crippen LogP contribution in [0, 0.1) is 0 Å². The predicted molar refractivity (Wildman–Crippen MR) is 82.4 cm³/mol. The second-order valence-electron chi connectivity index (χ2n) is 4.43. The summed E-state index contributed by atoms with van der Waals surface area (Å²) in [4.78, 5) is 12.4. The highest BCUT2D eigenvalue weighted by atomic mass is 16.5. The van der Waals surface area contributed by atoms with Crippen molar-refractivity contribution in [3.63, 3.8) is 0 Å². The van der Waals surface area contributed by atoms with Gasteiger partial charge < -0.3 is 18.9 Å². The number of carbonyl (C=O) groups is 1. The Kier molecular flexibility index (Phi) is 5.25. The largest absolute Gasteiger partial charge is 0.497 e. The van der Waals surface area contributed by atoms with Gasteiger partial charge in [0, 0.05) is 0 Å². The Bertz CT molecular complexity index is 651. The topological polar surface area (TPSA) is 54.0 Å². The van der Waals surface area contributed by atoms with E-state index in [2.05, 4.69) is 0 Å². The number of ketones is 1. The Morgan fingerprint density at radius 2 is 1.55 bits per heavy atom. The average molecular weight is 302 g/mol. The van der Waals surface area contributed by atoms with Crippen LogP contribution >= 0.6 is 0 Å². The molecule has 2 aromatic carbocycles. The van der Waals surface area contributed by atoms with Crippen molar-refractivity contribution in [2.24, 2.45) is 0 Å². The third-order valence-corrected chi connectivity index (χ3v) is 3.13. The smallest absolute Gasteiger partial charge is 0.204 e. The molecular weight excluding hydrogens is 284 g/mol. The molecular formula is C17H18O5. The van der Waals surface area contributed by atoms with Crippen LogP contribution in [-0.4, -0.2) is 33.7 Å². The summed E-state index contributed by atoms with van der Waals surface area (Å²) in [5.41, 5.74) is 0.414. The molecule has 0 saturated carbocycles. The van der Waals surface area contributed by atoms with E-state index in [0.29, 0.717) is 28.6 Å². The maximum atomic E-state index is 12.4. The quantitative estimate of drug-likeness (QED) is 0.736. The summed E-state index contributed by atoms with van der Waals surface area (Å²) in [7, 11) is 4.61. The number of methoxy groups -OCH3 is 3. The number of ether oxygens (including phenoxy) is 4. The molecule has 116 valence electrons. The molecule has 0 aliphatic rings. The molecule has 0 aliphatic heterocycles. The highest BCUT2D eigenvalue weighted by molar-refractivity contribution is 6.00. The molecule has 0 fully saturated rings. The molecule has 0 aliphatic carbocycles. The van der Waals surface area contributed by atoms with Crippen LogP contribution in [0.15, 0.2) is 42.5 Å². The van der Waals surface area contributed by atoms with E-state index in [1.165, 1.54) is 7.11 Å². The SMILES string of the molecule is COc1ccc(OC)c(C(=O)COc2ccccc2OC)c1. The fourth-order valence-electron chi connectivity index (χ4n) is 1.99. The Morgan fingerprint density at radius 3 is 2.18 bits per heavy atom. The summed E-state index contributed by atoms with van der Waals surface area (Å²) in [6.07, 6.45) is 0. The summed E-state index contributed by atoms with van der Waals surface area (Å²) in [6.45, 7) is -0.121. The van der Waals surface area contributed by atoms with Crippen molar-refractivity contribution in [1.29, 1.82) is 0 Å². The number of hydrogen-bond acceptors (Lipinski definition) is 5. The molecule has 0 heterocycles. The molecule has 0 aromatic heterocycles. The fraction of sp³-hybridized carbons (Fsp3) is 0.235. The van der Waals surface area contributed by atoms with Gasteiger partial charge in [-0.1, -0.05) is 12.1 Å². The molecule has 0 saturated heterocycles. The van der Waals surface area contributed by atoms with Gasteiger partial charge in [0.1, 0.15) is 11.5 Å². The first-order valence-corrected chi connectivity index (χ1v) is 6.70. The van der Waals surface area contributed by atoms with E-state index in [9.17, 15) is 4.79 Å². The maximum absolute atomic E-state index is 12.4. The van der Waals surface area contributed by atoms with Crippen LogP contribution in [0.25, 0.3) is 0 Å². The first-order chi connectivity index (χ1) is 10.7. The van der Waals surface area contributed by atoms with Crippen LogP contribution in [0.2, 0.25) is 0 Å². The Labute approximate surface area is 129 Å². The van der Waals surface area contributed by atoms with Gasteiger partial charge in [-0.15, -0.1) is 0 Å². The van der Waals surface area contributed by atoms with E-state index in [1.54, 1.807) is 44.6 Å². The second-order valence-corrected chi connectivity index (χ2v) is 4.43. The van der Waals surface area contributed by atoms with Crippen LogP contribution in [0.1, 0.15) is 10.4 Å². The van der Waals surface area contributed by atoms with Crippen molar-refractivity contribution in [2.75, 3.05) is 27.9 Å². The first-order valence-electron chi connectivity index (χ1n) is 6.70. The number of hydrogen-bond donors (Lipinski definition) is 0. The first kappa shape index (κ1) is 15.7. The lowest BCUT2D eigenvalue weighted by molar-refractivity contribution is 0.0916. The zero-order chi connectivity index (χ0) is 15.9. The molecule has 0 radical (unpaired) electrons. The van der Waals surface area contributed by atoms with Crippen molar-refractivity contribution in [2.45, 2.75) is 0 Å². The normalized spacial score (nSPS) is 9.95. The van der Waals surface area contributed by atoms with Crippen LogP contribution in [-0.2, 0) is 0 Å². The Morgan fingerprint density at radius 1 is 0.864 bits per heavy atom. The van der Waals surface area contributed by atoms with Crippen molar-refractivity contribution in [1.82, 2.24) is 0 Å². The minimum Gasteiger partial charge on any atom is -0.497 e. The highest BCUT2D eigenvalue weighted by Gasteiger charge is 2.15. The molecule has 0 N–H and O–H groups in total. The molecule has 22 heavy (non-hydrogen) atoms. The summed E-state index contributed by atoms with van der Waals surface area (Å²) in [5.74, 6) is 1.95. The molecule has 2 rings (SSSR count). The monoisotopic (exact) mass is 302 g/mol. The number of Topliss-reactive ketones (excluding diaryl/α,β-unsaturated/α-hetero) is 1. The van der Waals surface area contributed by atoms with Crippen molar-refractivity contribution >= 4 is 5.78 Å². The summed E-state index contributed by atoms with van der Waals surface area (Å²) < 4.78 is 21.1. The lowest BCUT2D eigenvalue weighted by Crippen LogP contribution is -2.13. The van der Waals surface area contributed by atoms with E-state index in [0.717, 1.165) is 0 Å². The summed E-state index contributed by atoms with van der Waals surface area (Å²) >= 11 is 0. The molecule has 0 atom stereocenters. The minimum absolute atomic E-state index is 0.121. The van der Waals surface area contributed by atoms with Gasteiger partial charge in [-0.05, 0) is 30.3 Å². The molecule has 0 bridgehead atoms. The van der Waals surface area contributed by atoms with Crippen LogP contribution < -0.4 is 18.9 Å². The molecule has 2 aromatic rings. The van der Waals surface area contributed by atoms with Gasteiger partial charge in [0.05, 0.1) is 26.9 Å². The van der Waals surface area contributed by atoms with Gasteiger partial charge in [0.2, 0.25) is 5.78 Å². The maximum Gasteiger partial charge on any atom is 0.204 e. The van der Waals surface area contributed by atoms with Gasteiger partial charge in [-0.2, -0.15) is 0 Å². The number of benzene rings is 2. The van der Waals surface area contributed by atoms with Gasteiger partial charge in [0.25, 0.3) is 0 Å². The zero-order valence-electron chi connectivity index (χ0n) is 12.8. The van der Waals surface area contributed by atoms with E-state index in [-0.39, 0.29) is 12.4 Å². The second kappa shape index (κ2) is 7.36. The number of carbonyl (C=O) groups excluding carboxylic acids is 1. The third kappa shape index (κ3) is 3.49. The fourth-order valence-corrected chi connectivity index (χ4v) is 1.99. The Hall–Kier alpha value is -2.69. The third-order valence-electron chi connectivity index (χ3n) is 3.13. The van der Waals surface area contributed by atoms with Crippen LogP contribution in [0.3, 0.4) is 0 Å². The highest BCUT2D eigenvalue weighted by Crippen LogP contribution is 2.27. The number of para-hydroxylation sites is 2.